The molecule has 0 amide bonds. The van der Waals surface area contributed by atoms with Crippen LogP contribution >= 0.6 is 0 Å². The molecule has 1 aliphatic heterocycles. The van der Waals surface area contributed by atoms with Crippen LogP contribution in [0.1, 0.15) is 11.1 Å². The highest BCUT2D eigenvalue weighted by molar-refractivity contribution is 5.82. The lowest BCUT2D eigenvalue weighted by Crippen LogP contribution is -2.45. The van der Waals surface area contributed by atoms with Gasteiger partial charge in [-0.1, -0.05) is 60.7 Å². The smallest absolute Gasteiger partial charge is 0.138 e. The van der Waals surface area contributed by atoms with E-state index in [1.807, 2.05) is 12.4 Å². The molecule has 0 bridgehead atoms. The van der Waals surface area contributed by atoms with Crippen LogP contribution in [0.2, 0.25) is 0 Å². The molecule has 1 N–H and O–H groups in total. The van der Waals surface area contributed by atoms with Gasteiger partial charge >= 0.3 is 0 Å². The summed E-state index contributed by atoms with van der Waals surface area (Å²) in [4.78, 5) is 17.4. The van der Waals surface area contributed by atoms with Crippen molar-refractivity contribution in [1.29, 1.82) is 0 Å². The average Bonchev–Trinajstić information content (AvgIpc) is 3.36. The van der Waals surface area contributed by atoms with Crippen molar-refractivity contribution in [3.63, 3.8) is 0 Å². The van der Waals surface area contributed by atoms with Gasteiger partial charge in [0.25, 0.3) is 0 Å². The van der Waals surface area contributed by atoms with Crippen LogP contribution in [-0.2, 0) is 6.54 Å². The van der Waals surface area contributed by atoms with Crippen LogP contribution in [0.4, 0.5) is 5.69 Å². The summed E-state index contributed by atoms with van der Waals surface area (Å²) in [5, 5.41) is 0. The summed E-state index contributed by atoms with van der Waals surface area (Å²) in [6, 6.07) is 28.1. The zero-order valence-electron chi connectivity index (χ0n) is 20.0. The number of nitrogens with one attached hydrogen (secondary N) is 1. The lowest BCUT2D eigenvalue weighted by atomic mass is 10.0. The highest BCUT2D eigenvalue weighted by Gasteiger charge is 2.17. The van der Waals surface area contributed by atoms with Crippen LogP contribution in [0.25, 0.3) is 33.5 Å². The first-order valence-electron chi connectivity index (χ1n) is 12.3. The largest absolute Gasteiger partial charge is 0.369 e. The molecule has 5 heteroatoms. The zero-order valence-corrected chi connectivity index (χ0v) is 20.0. The van der Waals surface area contributed by atoms with E-state index in [9.17, 15) is 0 Å². The van der Waals surface area contributed by atoms with Crippen LogP contribution in [0.5, 0.6) is 0 Å². The Balaban J connectivity index is 1.09. The third-order valence-corrected chi connectivity index (χ3v) is 6.97. The Bertz CT molecular complexity index is 1410. The van der Waals surface area contributed by atoms with Gasteiger partial charge in [0.2, 0.25) is 0 Å². The first kappa shape index (κ1) is 21.6. The van der Waals surface area contributed by atoms with Crippen LogP contribution in [0.3, 0.4) is 0 Å². The highest BCUT2D eigenvalue weighted by Crippen LogP contribution is 2.26. The number of hydrogen-bond acceptors (Lipinski definition) is 4. The molecule has 5 nitrogen and oxygen atoms in total. The number of anilines is 1. The number of aromatic nitrogens is 3. The van der Waals surface area contributed by atoms with E-state index in [1.165, 1.54) is 27.9 Å². The maximum Gasteiger partial charge on any atom is 0.138 e. The van der Waals surface area contributed by atoms with E-state index in [1.54, 1.807) is 0 Å². The molecule has 1 aliphatic rings. The molecule has 0 spiro atoms. The quantitative estimate of drug-likeness (QED) is 0.354. The molecule has 174 valence electrons. The summed E-state index contributed by atoms with van der Waals surface area (Å²) in [6.07, 6.45) is 3.74. The van der Waals surface area contributed by atoms with Crippen molar-refractivity contribution in [3.8, 4) is 22.5 Å². The number of benzene rings is 3. The summed E-state index contributed by atoms with van der Waals surface area (Å²) in [6.45, 7) is 7.36. The van der Waals surface area contributed by atoms with Crippen LogP contribution in [-0.4, -0.2) is 46.0 Å². The Kier molecular flexibility index (Phi) is 5.76. The number of rotatable bonds is 5. The minimum absolute atomic E-state index is 0.917. The van der Waals surface area contributed by atoms with Gasteiger partial charge in [-0.15, -0.1) is 0 Å². The molecule has 0 unspecified atom stereocenters. The topological polar surface area (TPSA) is 48.1 Å². The Labute approximate surface area is 206 Å². The number of piperazine rings is 1. The molecular formula is C30H29N5. The molecule has 3 heterocycles. The lowest BCUT2D eigenvalue weighted by molar-refractivity contribution is 0.250. The molecule has 1 fully saturated rings. The van der Waals surface area contributed by atoms with Crippen molar-refractivity contribution < 1.29 is 0 Å². The van der Waals surface area contributed by atoms with E-state index in [0.29, 0.717) is 0 Å². The van der Waals surface area contributed by atoms with E-state index >= 15 is 0 Å². The maximum atomic E-state index is 4.81. The predicted molar refractivity (Wildman–Crippen MR) is 143 cm³/mol. The lowest BCUT2D eigenvalue weighted by Gasteiger charge is -2.36. The van der Waals surface area contributed by atoms with Crippen LogP contribution in [0, 0.1) is 6.92 Å². The van der Waals surface area contributed by atoms with Gasteiger partial charge in [0.1, 0.15) is 5.82 Å². The molecule has 0 aliphatic carbocycles. The molecule has 0 radical (unpaired) electrons. The monoisotopic (exact) mass is 459 g/mol. The second-order valence-electron chi connectivity index (χ2n) is 9.30. The third-order valence-electron chi connectivity index (χ3n) is 6.97. The number of aromatic amines is 1. The van der Waals surface area contributed by atoms with E-state index in [2.05, 4.69) is 106 Å². The van der Waals surface area contributed by atoms with E-state index in [0.717, 1.165) is 55.1 Å². The summed E-state index contributed by atoms with van der Waals surface area (Å²) in [7, 11) is 0. The molecule has 3 aromatic carbocycles. The van der Waals surface area contributed by atoms with E-state index < -0.39 is 0 Å². The molecule has 35 heavy (non-hydrogen) atoms. The van der Waals surface area contributed by atoms with Crippen molar-refractivity contribution in [2.75, 3.05) is 31.1 Å². The van der Waals surface area contributed by atoms with Gasteiger partial charge in [-0.3, -0.25) is 9.88 Å². The van der Waals surface area contributed by atoms with Gasteiger partial charge in [-0.25, -0.2) is 4.98 Å². The van der Waals surface area contributed by atoms with Gasteiger partial charge in [0.05, 0.1) is 11.0 Å². The SMILES string of the molecule is Cc1cccc2[nH]c(-c3ccc(-c4ccc(CN5CCN(c6ccncc6)CC5)cc4)cc3)nc12. The first-order valence-corrected chi connectivity index (χ1v) is 12.3. The fourth-order valence-electron chi connectivity index (χ4n) is 4.91. The van der Waals surface area contributed by atoms with Crippen LogP contribution < -0.4 is 4.90 Å². The molecular weight excluding hydrogens is 430 g/mol. The van der Waals surface area contributed by atoms with Gasteiger partial charge in [0.15, 0.2) is 0 Å². The van der Waals surface area contributed by atoms with Crippen molar-refractivity contribution in [2.45, 2.75) is 13.5 Å². The zero-order chi connectivity index (χ0) is 23.6. The van der Waals surface area contributed by atoms with Gasteiger partial charge in [-0.2, -0.15) is 0 Å². The maximum absolute atomic E-state index is 4.81. The van der Waals surface area contributed by atoms with Crippen LogP contribution in [0.15, 0.2) is 91.3 Å². The molecule has 6 rings (SSSR count). The van der Waals surface area contributed by atoms with Crippen molar-refractivity contribution >= 4 is 16.7 Å². The highest BCUT2D eigenvalue weighted by atomic mass is 15.3. The molecule has 0 saturated carbocycles. The molecule has 2 aromatic heterocycles. The number of para-hydroxylation sites is 1. The predicted octanol–water partition coefficient (Wildman–Crippen LogP) is 5.92. The fourth-order valence-corrected chi connectivity index (χ4v) is 4.91. The Morgan fingerprint density at radius 1 is 0.743 bits per heavy atom. The first-order chi connectivity index (χ1) is 17.2. The Hall–Kier alpha value is -3.96. The van der Waals surface area contributed by atoms with E-state index in [4.69, 9.17) is 4.98 Å². The Morgan fingerprint density at radius 3 is 2.09 bits per heavy atom. The second-order valence-corrected chi connectivity index (χ2v) is 9.30. The Morgan fingerprint density at radius 2 is 1.40 bits per heavy atom. The van der Waals surface area contributed by atoms with Crippen molar-refractivity contribution in [1.82, 2.24) is 19.9 Å². The standard InChI is InChI=1S/C30H29N5/c1-22-3-2-4-28-29(22)33-30(32-28)26-11-9-25(10-12-26)24-7-5-23(6-8-24)21-34-17-19-35(20-18-34)27-13-15-31-16-14-27/h2-16H,17-21H2,1H3,(H,32,33). The van der Waals surface area contributed by atoms with Gasteiger partial charge in [0, 0.05) is 56.4 Å². The second kappa shape index (κ2) is 9.35. The number of fused-ring (bicyclic) bond motifs is 1. The number of hydrogen-bond donors (Lipinski definition) is 1. The number of pyridine rings is 1. The fraction of sp³-hybridized carbons (Fsp3) is 0.200. The van der Waals surface area contributed by atoms with E-state index in [-0.39, 0.29) is 0 Å². The number of H-pyrrole nitrogens is 1. The van der Waals surface area contributed by atoms with Crippen molar-refractivity contribution in [2.24, 2.45) is 0 Å². The minimum Gasteiger partial charge on any atom is -0.369 e. The normalized spacial score (nSPS) is 14.5. The van der Waals surface area contributed by atoms with Gasteiger partial charge in [-0.05, 0) is 47.4 Å². The summed E-state index contributed by atoms with van der Waals surface area (Å²) in [5.41, 5.74) is 9.51. The summed E-state index contributed by atoms with van der Waals surface area (Å²) in [5.74, 6) is 0.917. The number of aryl methyl sites for hydroxylation is 1. The molecule has 1 saturated heterocycles. The van der Waals surface area contributed by atoms with Gasteiger partial charge < -0.3 is 9.88 Å². The number of imidazole rings is 1. The molecule has 0 atom stereocenters. The minimum atomic E-state index is 0.917. The molecule has 5 aromatic rings. The summed E-state index contributed by atoms with van der Waals surface area (Å²) >= 11 is 0. The number of nitrogens with zero attached hydrogens (tertiary/aromatic N) is 4. The summed E-state index contributed by atoms with van der Waals surface area (Å²) < 4.78 is 0. The van der Waals surface area contributed by atoms with Crippen molar-refractivity contribution in [3.05, 3.63) is 102 Å². The third kappa shape index (κ3) is 4.55. The average molecular weight is 460 g/mol.